The summed E-state index contributed by atoms with van der Waals surface area (Å²) in [5.74, 6) is -2.60. The molecule has 0 saturated carbocycles. The summed E-state index contributed by atoms with van der Waals surface area (Å²) < 4.78 is 13.6. The first-order valence-electron chi connectivity index (χ1n) is 6.19. The van der Waals surface area contributed by atoms with Gasteiger partial charge in [0.15, 0.2) is 0 Å². The van der Waals surface area contributed by atoms with Crippen LogP contribution in [0.25, 0.3) is 0 Å². The SMILES string of the molecule is O=C(NNC(=O)c1c(F)cccc1Cl)c1cccc([N+](=O)[O-])c1. The highest BCUT2D eigenvalue weighted by molar-refractivity contribution is 6.33. The van der Waals surface area contributed by atoms with Crippen LogP contribution >= 0.6 is 11.6 Å². The molecule has 0 heterocycles. The Hall–Kier alpha value is -3.00. The minimum Gasteiger partial charge on any atom is -0.267 e. The molecule has 7 nitrogen and oxygen atoms in total. The van der Waals surface area contributed by atoms with Crippen molar-refractivity contribution in [2.24, 2.45) is 0 Å². The Morgan fingerprint density at radius 2 is 1.74 bits per heavy atom. The second-order valence-corrected chi connectivity index (χ2v) is 4.72. The van der Waals surface area contributed by atoms with Crippen molar-refractivity contribution in [1.29, 1.82) is 0 Å². The van der Waals surface area contributed by atoms with E-state index in [4.69, 9.17) is 11.6 Å². The zero-order valence-corrected chi connectivity index (χ0v) is 12.1. The molecule has 2 aromatic rings. The lowest BCUT2D eigenvalue weighted by Crippen LogP contribution is -2.42. The average Bonchev–Trinajstić information content (AvgIpc) is 2.52. The molecule has 0 unspecified atom stereocenters. The van der Waals surface area contributed by atoms with E-state index in [9.17, 15) is 24.1 Å². The smallest absolute Gasteiger partial charge is 0.267 e. The van der Waals surface area contributed by atoms with E-state index < -0.39 is 28.1 Å². The number of hydrogen-bond acceptors (Lipinski definition) is 4. The molecule has 0 atom stereocenters. The van der Waals surface area contributed by atoms with Crippen molar-refractivity contribution in [3.8, 4) is 0 Å². The number of carbonyl (C=O) groups excluding carboxylic acids is 2. The van der Waals surface area contributed by atoms with Crippen LogP contribution in [-0.4, -0.2) is 16.7 Å². The summed E-state index contributed by atoms with van der Waals surface area (Å²) >= 11 is 5.72. The van der Waals surface area contributed by atoms with E-state index in [0.717, 1.165) is 12.1 Å². The summed E-state index contributed by atoms with van der Waals surface area (Å²) in [6.45, 7) is 0. The van der Waals surface area contributed by atoms with Crippen molar-refractivity contribution in [3.05, 3.63) is 74.5 Å². The van der Waals surface area contributed by atoms with Gasteiger partial charge >= 0.3 is 0 Å². The summed E-state index contributed by atoms with van der Waals surface area (Å²) in [6, 6.07) is 8.60. The van der Waals surface area contributed by atoms with E-state index in [1.165, 1.54) is 30.3 Å². The molecule has 0 aliphatic carbocycles. The molecule has 2 rings (SSSR count). The first-order valence-corrected chi connectivity index (χ1v) is 6.57. The van der Waals surface area contributed by atoms with E-state index in [2.05, 4.69) is 0 Å². The first-order chi connectivity index (χ1) is 10.9. The normalized spacial score (nSPS) is 10.0. The van der Waals surface area contributed by atoms with Crippen molar-refractivity contribution in [3.63, 3.8) is 0 Å². The Morgan fingerprint density at radius 1 is 1.09 bits per heavy atom. The predicted molar refractivity (Wildman–Crippen MR) is 79.4 cm³/mol. The summed E-state index contributed by atoms with van der Waals surface area (Å²) in [5, 5.41) is 10.5. The maximum Gasteiger partial charge on any atom is 0.274 e. The van der Waals surface area contributed by atoms with Crippen LogP contribution in [0.2, 0.25) is 5.02 Å². The fraction of sp³-hybridized carbons (Fsp3) is 0. The van der Waals surface area contributed by atoms with Crippen LogP contribution in [0.15, 0.2) is 42.5 Å². The second kappa shape index (κ2) is 6.84. The lowest BCUT2D eigenvalue weighted by molar-refractivity contribution is -0.384. The molecule has 23 heavy (non-hydrogen) atoms. The summed E-state index contributed by atoms with van der Waals surface area (Å²) in [7, 11) is 0. The van der Waals surface area contributed by atoms with Crippen LogP contribution in [0.1, 0.15) is 20.7 Å². The lowest BCUT2D eigenvalue weighted by atomic mass is 10.2. The van der Waals surface area contributed by atoms with Crippen molar-refractivity contribution in [2.75, 3.05) is 0 Å². The van der Waals surface area contributed by atoms with Crippen molar-refractivity contribution < 1.29 is 18.9 Å². The Kier molecular flexibility index (Phi) is 4.87. The number of nitro benzene ring substituents is 1. The van der Waals surface area contributed by atoms with Crippen LogP contribution < -0.4 is 10.9 Å². The van der Waals surface area contributed by atoms with E-state index in [1.54, 1.807) is 0 Å². The molecule has 0 aliphatic rings. The van der Waals surface area contributed by atoms with E-state index in [1.807, 2.05) is 10.9 Å². The van der Waals surface area contributed by atoms with Gasteiger partial charge in [0.05, 0.1) is 15.5 Å². The second-order valence-electron chi connectivity index (χ2n) is 4.31. The topological polar surface area (TPSA) is 101 Å². The van der Waals surface area contributed by atoms with Gasteiger partial charge < -0.3 is 0 Å². The molecule has 2 amide bonds. The van der Waals surface area contributed by atoms with E-state index in [0.29, 0.717) is 0 Å². The van der Waals surface area contributed by atoms with Crippen molar-refractivity contribution in [1.82, 2.24) is 10.9 Å². The minimum absolute atomic E-state index is 0.0425. The van der Waals surface area contributed by atoms with Gasteiger partial charge in [0.1, 0.15) is 5.82 Å². The number of carbonyl (C=O) groups is 2. The van der Waals surface area contributed by atoms with Gasteiger partial charge in [-0.15, -0.1) is 0 Å². The number of nitrogens with one attached hydrogen (secondary N) is 2. The fourth-order valence-corrected chi connectivity index (χ4v) is 1.97. The van der Waals surface area contributed by atoms with Crippen LogP contribution in [0.4, 0.5) is 10.1 Å². The molecule has 0 saturated heterocycles. The van der Waals surface area contributed by atoms with Gasteiger partial charge in [-0.2, -0.15) is 0 Å². The summed E-state index contributed by atoms with van der Waals surface area (Å²) in [6.07, 6.45) is 0. The largest absolute Gasteiger partial charge is 0.274 e. The van der Waals surface area contributed by atoms with Gasteiger partial charge in [-0.3, -0.25) is 30.6 Å². The molecule has 2 N–H and O–H groups in total. The van der Waals surface area contributed by atoms with Crippen molar-refractivity contribution in [2.45, 2.75) is 0 Å². The third kappa shape index (κ3) is 3.80. The molecular weight excluding hydrogens is 329 g/mol. The molecule has 0 radical (unpaired) electrons. The Balaban J connectivity index is 2.09. The highest BCUT2D eigenvalue weighted by atomic mass is 35.5. The molecule has 0 bridgehead atoms. The molecule has 0 fully saturated rings. The Bertz CT molecular complexity index is 777. The molecule has 2 aromatic carbocycles. The lowest BCUT2D eigenvalue weighted by Gasteiger charge is -2.09. The Morgan fingerprint density at radius 3 is 2.39 bits per heavy atom. The maximum atomic E-state index is 13.6. The van der Waals surface area contributed by atoms with Gasteiger partial charge in [-0.25, -0.2) is 4.39 Å². The van der Waals surface area contributed by atoms with Crippen molar-refractivity contribution >= 4 is 29.1 Å². The van der Waals surface area contributed by atoms with Gasteiger partial charge in [-0.1, -0.05) is 23.7 Å². The highest BCUT2D eigenvalue weighted by Crippen LogP contribution is 2.18. The van der Waals surface area contributed by atoms with Crippen LogP contribution in [0.3, 0.4) is 0 Å². The molecule has 0 aliphatic heterocycles. The standard InChI is InChI=1S/C14H9ClFN3O4/c15-10-5-2-6-11(16)12(10)14(21)18-17-13(20)8-3-1-4-9(7-8)19(22)23/h1-7H,(H,17,20)(H,18,21). The molecule has 0 aromatic heterocycles. The third-order valence-corrected chi connectivity index (χ3v) is 3.11. The monoisotopic (exact) mass is 337 g/mol. The number of hydrogen-bond donors (Lipinski definition) is 2. The minimum atomic E-state index is -0.952. The number of halogens is 2. The quantitative estimate of drug-likeness (QED) is 0.663. The Labute approximate surface area is 134 Å². The number of non-ortho nitro benzene ring substituents is 1. The third-order valence-electron chi connectivity index (χ3n) is 2.80. The number of hydrazine groups is 1. The molecule has 0 spiro atoms. The summed E-state index contributed by atoms with van der Waals surface area (Å²) in [5.41, 5.74) is 3.28. The number of amides is 2. The number of benzene rings is 2. The maximum absolute atomic E-state index is 13.6. The number of nitrogens with zero attached hydrogens (tertiary/aromatic N) is 1. The average molecular weight is 338 g/mol. The van der Waals surface area contributed by atoms with Gasteiger partial charge in [0.2, 0.25) is 0 Å². The summed E-state index contributed by atoms with van der Waals surface area (Å²) in [4.78, 5) is 33.7. The van der Waals surface area contributed by atoms with Gasteiger partial charge in [0, 0.05) is 17.7 Å². The van der Waals surface area contributed by atoms with Crippen LogP contribution in [0, 0.1) is 15.9 Å². The van der Waals surface area contributed by atoms with E-state index in [-0.39, 0.29) is 16.3 Å². The van der Waals surface area contributed by atoms with Crippen LogP contribution in [0.5, 0.6) is 0 Å². The number of nitro groups is 1. The fourth-order valence-electron chi connectivity index (χ4n) is 1.72. The molecule has 118 valence electrons. The molecular formula is C14H9ClFN3O4. The van der Waals surface area contributed by atoms with E-state index >= 15 is 0 Å². The van der Waals surface area contributed by atoms with Crippen LogP contribution in [-0.2, 0) is 0 Å². The molecule has 9 heteroatoms. The predicted octanol–water partition coefficient (Wildman–Crippen LogP) is 2.46. The number of rotatable bonds is 3. The first kappa shape index (κ1) is 16.4. The zero-order chi connectivity index (χ0) is 17.0. The van der Waals surface area contributed by atoms with Gasteiger partial charge in [0.25, 0.3) is 17.5 Å². The zero-order valence-electron chi connectivity index (χ0n) is 11.4. The highest BCUT2D eigenvalue weighted by Gasteiger charge is 2.17. The van der Waals surface area contributed by atoms with Gasteiger partial charge in [-0.05, 0) is 18.2 Å².